The van der Waals surface area contributed by atoms with Crippen molar-refractivity contribution in [3.05, 3.63) is 258 Å². The minimum absolute atomic E-state index is 0.772. The highest BCUT2D eigenvalue weighted by Crippen LogP contribution is 2.42. The van der Waals surface area contributed by atoms with Crippen LogP contribution in [0.1, 0.15) is 0 Å². The molecule has 360 valence electrons. The topological polar surface area (TPSA) is 25.1 Å². The number of benzene rings is 12. The third-order valence-electron chi connectivity index (χ3n) is 14.1. The van der Waals surface area contributed by atoms with E-state index in [9.17, 15) is 0 Å². The zero-order chi connectivity index (χ0) is 50.9. The Bertz CT molecular complexity index is 4840. The van der Waals surface area contributed by atoms with Crippen molar-refractivity contribution in [2.75, 3.05) is 0 Å². The molecule has 12 aromatic carbocycles. The zero-order valence-electron chi connectivity index (χ0n) is 39.6. The van der Waals surface area contributed by atoms with E-state index in [-0.39, 0.29) is 0 Å². The monoisotopic (exact) mass is 1310 g/mol. The number of pyridine rings is 1. The number of hydrogen-bond acceptors (Lipinski definition) is 0. The average molecular weight is 1310 g/mol. The predicted molar refractivity (Wildman–Crippen MR) is 342 cm³/mol. The van der Waals surface area contributed by atoms with Crippen molar-refractivity contribution in [1.29, 1.82) is 0 Å². The number of rotatable bonds is 1. The van der Waals surface area contributed by atoms with Crippen LogP contribution in [0.25, 0.3) is 120 Å². The number of nitrogens with zero attached hydrogens (tertiary/aromatic N) is 2. The molecule has 0 spiro atoms. The minimum atomic E-state index is 0.772. The molecule has 0 atom stereocenters. The van der Waals surface area contributed by atoms with Gasteiger partial charge in [0.2, 0.25) is 0 Å². The molecule has 9 heteroatoms. The standard InChI is InChI=1S/C22H13BrClN.C22H12BrN.C12H8BrN.C10H6ClI/c23-15-11-12-17-16-7-1-2-9-19(16)25(21(17)13-15)20-10-4-6-14-5-3-8-18(24)22(14)20;23-14-10-11-15-17-7-3-8-18-16-6-1-4-13-5-2-9-19(21(13)16)24(22(17)18)20(15)12-14;13-8-5-6-10-9-3-1-2-4-11(9)14-12(10)7-8;11-8-5-1-3-7-4-2-6-9(12)10(7)8/h1-13H;1-12H;1-7,14H;1-6H. The molecule has 4 heterocycles. The summed E-state index contributed by atoms with van der Waals surface area (Å²) >= 11 is 25.7. The van der Waals surface area contributed by atoms with E-state index in [0.717, 1.165) is 45.3 Å². The molecule has 0 bridgehead atoms. The summed E-state index contributed by atoms with van der Waals surface area (Å²) in [7, 11) is 0. The molecule has 16 rings (SSSR count). The molecule has 75 heavy (non-hydrogen) atoms. The Kier molecular flexibility index (Phi) is 12.8. The number of fused-ring (bicyclic) bond motifs is 13. The fourth-order valence-corrected chi connectivity index (χ4v) is 13.6. The van der Waals surface area contributed by atoms with Crippen LogP contribution in [0.2, 0.25) is 10.0 Å². The second-order valence-corrected chi connectivity index (χ2v) is 23.2. The lowest BCUT2D eigenvalue weighted by Crippen LogP contribution is -1.95. The summed E-state index contributed by atoms with van der Waals surface area (Å²) in [5, 5.41) is 19.2. The van der Waals surface area contributed by atoms with E-state index in [0.29, 0.717) is 0 Å². The predicted octanol–water partition coefficient (Wildman–Crippen LogP) is 22.3. The summed E-state index contributed by atoms with van der Waals surface area (Å²) in [6.45, 7) is 0. The number of para-hydroxylation sites is 3. The maximum Gasteiger partial charge on any atom is 0.0619 e. The highest BCUT2D eigenvalue weighted by molar-refractivity contribution is 14.1. The Morgan fingerprint density at radius 3 is 1.55 bits per heavy atom. The first-order valence-corrected chi connectivity index (χ1v) is 28.5. The molecule has 0 fully saturated rings. The van der Waals surface area contributed by atoms with Crippen LogP contribution in [0.15, 0.2) is 244 Å². The number of halogens is 6. The first kappa shape index (κ1) is 48.2. The van der Waals surface area contributed by atoms with Gasteiger partial charge in [-0.1, -0.05) is 223 Å². The van der Waals surface area contributed by atoms with E-state index in [1.807, 2.05) is 36.4 Å². The molecule has 0 amide bonds. The van der Waals surface area contributed by atoms with Crippen molar-refractivity contribution < 1.29 is 0 Å². The lowest BCUT2D eigenvalue weighted by atomic mass is 9.99. The van der Waals surface area contributed by atoms with Gasteiger partial charge in [0.05, 0.1) is 38.3 Å². The molecule has 3 nitrogen and oxygen atoms in total. The van der Waals surface area contributed by atoms with Gasteiger partial charge in [-0.15, -0.1) is 0 Å². The summed E-state index contributed by atoms with van der Waals surface area (Å²) in [6, 6.07) is 80.6. The molecule has 0 unspecified atom stereocenters. The van der Waals surface area contributed by atoms with Gasteiger partial charge in [-0.25, -0.2) is 0 Å². The first-order chi connectivity index (χ1) is 36.7. The van der Waals surface area contributed by atoms with Crippen molar-refractivity contribution in [1.82, 2.24) is 14.0 Å². The fourth-order valence-electron chi connectivity index (χ4n) is 11.0. The van der Waals surface area contributed by atoms with E-state index in [4.69, 9.17) is 23.2 Å². The second-order valence-electron chi connectivity index (χ2n) is 18.4. The highest BCUT2D eigenvalue weighted by Gasteiger charge is 2.18. The number of H-pyrrole nitrogens is 1. The molecular formula is C66H39Br3Cl2IN3. The van der Waals surface area contributed by atoms with Crippen molar-refractivity contribution in [3.8, 4) is 5.69 Å². The van der Waals surface area contributed by atoms with Crippen LogP contribution in [0.3, 0.4) is 0 Å². The third kappa shape index (κ3) is 8.53. The average Bonchev–Trinajstić information content (AvgIpc) is 4.10. The SMILES string of the molecule is Brc1ccc2c(c1)[nH]c1ccccc12.Brc1ccc2c3cccc4c5cccc6cccc(c65)n(c2c1)c43.Clc1cccc2cccc(-n3c4ccccc4c4ccc(Br)cc43)c12.Clc1cccc2cccc(I)c12. The quantitative estimate of drug-likeness (QED) is 0.0963. The largest absolute Gasteiger partial charge is 0.354 e. The normalized spacial score (nSPS) is 11.6. The van der Waals surface area contributed by atoms with Crippen LogP contribution in [-0.2, 0) is 0 Å². The van der Waals surface area contributed by atoms with Crippen LogP contribution in [-0.4, -0.2) is 14.0 Å². The Hall–Kier alpha value is -6.43. The Balaban J connectivity index is 0.000000101. The van der Waals surface area contributed by atoms with Crippen molar-refractivity contribution >= 4 is 208 Å². The van der Waals surface area contributed by atoms with Gasteiger partial charge in [-0.05, 0) is 123 Å². The molecule has 0 aliphatic heterocycles. The van der Waals surface area contributed by atoms with Gasteiger partial charge >= 0.3 is 0 Å². The summed E-state index contributed by atoms with van der Waals surface area (Å²) in [6.07, 6.45) is 0. The van der Waals surface area contributed by atoms with Crippen molar-refractivity contribution in [3.63, 3.8) is 0 Å². The van der Waals surface area contributed by atoms with Crippen molar-refractivity contribution in [2.24, 2.45) is 0 Å². The van der Waals surface area contributed by atoms with E-state index < -0.39 is 0 Å². The fraction of sp³-hybridized carbons (Fsp3) is 0. The van der Waals surface area contributed by atoms with Gasteiger partial charge in [0.1, 0.15) is 0 Å². The van der Waals surface area contributed by atoms with Gasteiger partial charge < -0.3 is 14.0 Å². The molecule has 0 aliphatic carbocycles. The zero-order valence-corrected chi connectivity index (χ0v) is 48.0. The minimum Gasteiger partial charge on any atom is -0.354 e. The second kappa shape index (κ2) is 19.9. The molecular weight excluding hydrogens is 1270 g/mol. The maximum absolute atomic E-state index is 6.59. The molecule has 0 saturated heterocycles. The Morgan fingerprint density at radius 2 is 0.813 bits per heavy atom. The van der Waals surface area contributed by atoms with Gasteiger partial charge in [0.15, 0.2) is 0 Å². The molecule has 0 aliphatic rings. The summed E-state index contributed by atoms with van der Waals surface area (Å²) < 4.78 is 9.23. The number of hydrogen-bond donors (Lipinski definition) is 1. The number of aromatic nitrogens is 3. The summed E-state index contributed by atoms with van der Waals surface area (Å²) in [5.41, 5.74) is 9.69. The van der Waals surface area contributed by atoms with Crippen LogP contribution in [0.5, 0.6) is 0 Å². The van der Waals surface area contributed by atoms with Crippen LogP contribution in [0.4, 0.5) is 0 Å². The molecule has 4 aromatic heterocycles. The van der Waals surface area contributed by atoms with Crippen LogP contribution in [0, 0.1) is 3.57 Å². The van der Waals surface area contributed by atoms with E-state index in [1.165, 1.54) is 101 Å². The van der Waals surface area contributed by atoms with Gasteiger partial charge in [-0.2, -0.15) is 0 Å². The molecule has 0 radical (unpaired) electrons. The summed E-state index contributed by atoms with van der Waals surface area (Å²) in [4.78, 5) is 3.39. The van der Waals surface area contributed by atoms with Gasteiger partial charge in [0.25, 0.3) is 0 Å². The molecule has 1 N–H and O–H groups in total. The van der Waals surface area contributed by atoms with E-state index in [1.54, 1.807) is 0 Å². The molecule has 0 saturated carbocycles. The highest BCUT2D eigenvalue weighted by atomic mass is 127. The number of aromatic amines is 1. The Morgan fingerprint density at radius 1 is 0.347 bits per heavy atom. The van der Waals surface area contributed by atoms with Crippen LogP contribution >= 0.6 is 93.6 Å². The Labute approximate surface area is 480 Å². The number of nitrogens with one attached hydrogen (secondary N) is 1. The molecule has 16 aromatic rings. The lowest BCUT2D eigenvalue weighted by Gasteiger charge is -2.12. The lowest BCUT2D eigenvalue weighted by molar-refractivity contribution is 1.20. The first-order valence-electron chi connectivity index (χ1n) is 24.3. The van der Waals surface area contributed by atoms with Crippen LogP contribution < -0.4 is 0 Å². The van der Waals surface area contributed by atoms with E-state index >= 15 is 0 Å². The van der Waals surface area contributed by atoms with Crippen molar-refractivity contribution in [2.45, 2.75) is 0 Å². The smallest absolute Gasteiger partial charge is 0.0619 e. The van der Waals surface area contributed by atoms with Gasteiger partial charge in [-0.3, -0.25) is 0 Å². The third-order valence-corrected chi connectivity index (χ3v) is 17.2. The maximum atomic E-state index is 6.59. The summed E-state index contributed by atoms with van der Waals surface area (Å²) in [5.74, 6) is 0. The van der Waals surface area contributed by atoms with E-state index in [2.05, 4.69) is 278 Å². The van der Waals surface area contributed by atoms with Gasteiger partial charge in [0, 0.05) is 86.9 Å².